The minimum atomic E-state index is -0.534. The number of terminal acetylenes is 1. The van der Waals surface area contributed by atoms with Gasteiger partial charge in [0.25, 0.3) is 5.91 Å². The molecule has 2 aliphatic heterocycles. The number of hydrogen-bond acceptors (Lipinski definition) is 6. The Morgan fingerprint density at radius 3 is 2.61 bits per heavy atom. The Morgan fingerprint density at radius 2 is 2.00 bits per heavy atom. The number of carbonyl (C=O) groups is 1. The molecule has 0 radical (unpaired) electrons. The van der Waals surface area contributed by atoms with Crippen LogP contribution in [0.15, 0.2) is 29.7 Å². The number of likely N-dealkylation sites (N-methyl/N-ethyl adjacent to an activating group) is 1. The highest BCUT2D eigenvalue weighted by Gasteiger charge is 2.61. The van der Waals surface area contributed by atoms with Crippen molar-refractivity contribution in [2.24, 2.45) is 0 Å². The summed E-state index contributed by atoms with van der Waals surface area (Å²) in [5.41, 5.74) is 0.679. The van der Waals surface area contributed by atoms with Crippen LogP contribution in [-0.2, 0) is 4.79 Å². The number of methoxy groups -OCH3 is 2. The number of amides is 1. The molecule has 0 aromatic heterocycles. The van der Waals surface area contributed by atoms with Crippen molar-refractivity contribution in [3.63, 3.8) is 0 Å². The Labute approximate surface area is 181 Å². The highest BCUT2D eigenvalue weighted by molar-refractivity contribution is 5.96. The van der Waals surface area contributed by atoms with Crippen LogP contribution < -0.4 is 14.8 Å². The van der Waals surface area contributed by atoms with Gasteiger partial charge in [-0.2, -0.15) is 0 Å². The van der Waals surface area contributed by atoms with Gasteiger partial charge in [-0.15, -0.1) is 6.42 Å². The van der Waals surface area contributed by atoms with E-state index in [4.69, 9.17) is 15.9 Å². The Balaban J connectivity index is 1.63. The number of nitrogens with zero attached hydrogens (tertiary/aromatic N) is 3. The number of alkyl halides is 1. The summed E-state index contributed by atoms with van der Waals surface area (Å²) in [5.74, 6) is 10.5. The van der Waals surface area contributed by atoms with E-state index in [0.29, 0.717) is 23.0 Å². The Morgan fingerprint density at radius 1 is 1.26 bits per heavy atom. The van der Waals surface area contributed by atoms with Crippen LogP contribution in [0.1, 0.15) is 18.4 Å². The van der Waals surface area contributed by atoms with Gasteiger partial charge in [0, 0.05) is 12.6 Å². The molecule has 1 unspecified atom stereocenters. The lowest BCUT2D eigenvalue weighted by molar-refractivity contribution is -0.138. The van der Waals surface area contributed by atoms with Crippen LogP contribution in [0, 0.1) is 24.2 Å². The van der Waals surface area contributed by atoms with Gasteiger partial charge in [0.15, 0.2) is 17.7 Å². The van der Waals surface area contributed by atoms with Crippen molar-refractivity contribution >= 4 is 5.91 Å². The third kappa shape index (κ3) is 3.29. The third-order valence-electron chi connectivity index (χ3n) is 5.95. The third-order valence-corrected chi connectivity index (χ3v) is 5.95. The van der Waals surface area contributed by atoms with Crippen LogP contribution >= 0.6 is 0 Å². The van der Waals surface area contributed by atoms with Gasteiger partial charge in [0.05, 0.1) is 27.3 Å². The first kappa shape index (κ1) is 20.7. The lowest BCUT2D eigenvalue weighted by Crippen LogP contribution is -2.59. The lowest BCUT2D eigenvalue weighted by Gasteiger charge is -2.45. The summed E-state index contributed by atoms with van der Waals surface area (Å²) in [6.45, 7) is -0.151. The molecule has 31 heavy (non-hydrogen) atoms. The van der Waals surface area contributed by atoms with Crippen molar-refractivity contribution in [1.29, 1.82) is 0 Å². The molecule has 3 aliphatic rings. The summed E-state index contributed by atoms with van der Waals surface area (Å²) in [6.07, 6.45) is 6.62. The maximum absolute atomic E-state index is 13.4. The van der Waals surface area contributed by atoms with Gasteiger partial charge >= 0.3 is 0 Å². The molecule has 1 amide bonds. The molecule has 1 aromatic carbocycles. The quantitative estimate of drug-likeness (QED) is 0.720. The molecule has 2 heterocycles. The minimum Gasteiger partial charge on any atom is -0.493 e. The van der Waals surface area contributed by atoms with Crippen LogP contribution in [0.5, 0.6) is 11.5 Å². The molecule has 8 heteroatoms. The first-order valence-corrected chi connectivity index (χ1v) is 10.1. The summed E-state index contributed by atoms with van der Waals surface area (Å²) in [7, 11) is 4.95. The van der Waals surface area contributed by atoms with E-state index in [1.807, 2.05) is 11.0 Å². The monoisotopic (exact) mass is 424 g/mol. The van der Waals surface area contributed by atoms with Crippen LogP contribution in [0.4, 0.5) is 4.39 Å². The maximum atomic E-state index is 13.4. The zero-order valence-electron chi connectivity index (χ0n) is 17.9. The number of nitrogens with one attached hydrogen (secondary N) is 1. The average molecular weight is 424 g/mol. The van der Waals surface area contributed by atoms with Crippen molar-refractivity contribution in [3.8, 4) is 35.7 Å². The minimum absolute atomic E-state index is 0.147. The molecule has 1 fully saturated rings. The second-order valence-electron chi connectivity index (χ2n) is 7.61. The predicted octanol–water partition coefficient (Wildman–Crippen LogP) is 1.32. The first-order chi connectivity index (χ1) is 15.0. The van der Waals surface area contributed by atoms with E-state index in [1.165, 1.54) is 0 Å². The largest absolute Gasteiger partial charge is 0.493 e. The molecule has 7 nitrogen and oxygen atoms in total. The Hall–Kier alpha value is -3.52. The number of halogens is 1. The predicted molar refractivity (Wildman–Crippen MR) is 113 cm³/mol. The van der Waals surface area contributed by atoms with Gasteiger partial charge < -0.3 is 29.5 Å². The van der Waals surface area contributed by atoms with E-state index >= 15 is 0 Å². The summed E-state index contributed by atoms with van der Waals surface area (Å²) < 4.78 is 24.0. The number of ether oxygens (including phenoxy) is 2. The molecule has 0 bridgehead atoms. The van der Waals surface area contributed by atoms with Gasteiger partial charge in [-0.25, -0.2) is 4.39 Å². The van der Waals surface area contributed by atoms with E-state index in [2.05, 4.69) is 23.1 Å². The van der Waals surface area contributed by atoms with E-state index < -0.39 is 18.5 Å². The molecule has 1 N–H and O–H groups in total. The molecule has 1 saturated carbocycles. The molecular formula is C23H25FN4O3. The zero-order valence-corrected chi connectivity index (χ0v) is 17.9. The van der Waals surface area contributed by atoms with E-state index in [1.54, 1.807) is 43.2 Å². The van der Waals surface area contributed by atoms with Crippen molar-refractivity contribution in [2.45, 2.75) is 24.7 Å². The Bertz CT molecular complexity index is 1030. The lowest BCUT2D eigenvalue weighted by atomic mass is 10.2. The van der Waals surface area contributed by atoms with Crippen LogP contribution in [-0.4, -0.2) is 73.5 Å². The first-order valence-electron chi connectivity index (χ1n) is 10.1. The van der Waals surface area contributed by atoms with Gasteiger partial charge in [-0.1, -0.05) is 17.8 Å². The van der Waals surface area contributed by atoms with Gasteiger partial charge in [0.2, 0.25) is 0 Å². The van der Waals surface area contributed by atoms with Crippen LogP contribution in [0.25, 0.3) is 0 Å². The zero-order chi connectivity index (χ0) is 22.2. The van der Waals surface area contributed by atoms with Crippen molar-refractivity contribution < 1.29 is 18.7 Å². The second kappa shape index (κ2) is 7.96. The van der Waals surface area contributed by atoms with E-state index in [-0.39, 0.29) is 19.0 Å². The number of hydrogen-bond donors (Lipinski definition) is 1. The van der Waals surface area contributed by atoms with Crippen LogP contribution in [0.2, 0.25) is 0 Å². The molecule has 162 valence electrons. The molecule has 1 spiro atoms. The standard InChI is InChI=1S/C23H25FN4O3/c1-5-13-28-22(29)20-21(27(14-12-24)23(28)10-11-23)25-19(26(20)2)9-7-16-6-8-17(30-3)18(15-16)31-4/h1,6,8,15,19,25H,10-14H2,2-4H3. The number of benzene rings is 1. The summed E-state index contributed by atoms with van der Waals surface area (Å²) in [6, 6.07) is 5.42. The van der Waals surface area contributed by atoms with Gasteiger partial charge in [-0.05, 0) is 31.0 Å². The topological polar surface area (TPSA) is 57.3 Å². The van der Waals surface area contributed by atoms with Crippen molar-refractivity contribution in [2.75, 3.05) is 41.0 Å². The summed E-state index contributed by atoms with van der Waals surface area (Å²) in [5, 5.41) is 3.32. The van der Waals surface area contributed by atoms with E-state index in [9.17, 15) is 9.18 Å². The highest BCUT2D eigenvalue weighted by Crippen LogP contribution is 2.50. The smallest absolute Gasteiger partial charge is 0.276 e. The SMILES string of the molecule is C#CCN1C(=O)C2=C(NC(C#Cc3ccc(OC)c(OC)c3)N2C)N(CCF)C12CC2. The molecule has 1 aromatic rings. The molecular weight excluding hydrogens is 399 g/mol. The Kier molecular flexibility index (Phi) is 5.32. The molecule has 0 saturated heterocycles. The molecule has 1 atom stereocenters. The second-order valence-corrected chi connectivity index (χ2v) is 7.61. The fraction of sp³-hybridized carbons (Fsp3) is 0.435. The summed E-state index contributed by atoms with van der Waals surface area (Å²) in [4.78, 5) is 18.7. The normalized spacial score (nSPS) is 20.7. The van der Waals surface area contributed by atoms with Crippen molar-refractivity contribution in [1.82, 2.24) is 20.0 Å². The molecule has 4 rings (SSSR count). The van der Waals surface area contributed by atoms with Gasteiger partial charge in [0.1, 0.15) is 23.9 Å². The number of rotatable bonds is 5. The highest BCUT2D eigenvalue weighted by atomic mass is 19.1. The molecule has 1 aliphatic carbocycles. The van der Waals surface area contributed by atoms with E-state index in [0.717, 1.165) is 18.4 Å². The number of carbonyl (C=O) groups excluding carboxylic acids is 1. The fourth-order valence-corrected chi connectivity index (χ4v) is 4.28. The maximum Gasteiger partial charge on any atom is 0.276 e. The summed E-state index contributed by atoms with van der Waals surface area (Å²) >= 11 is 0. The average Bonchev–Trinajstić information content (AvgIpc) is 3.50. The van der Waals surface area contributed by atoms with Gasteiger partial charge in [-0.3, -0.25) is 4.79 Å². The van der Waals surface area contributed by atoms with Crippen molar-refractivity contribution in [3.05, 3.63) is 35.3 Å². The van der Waals surface area contributed by atoms with Crippen LogP contribution in [0.3, 0.4) is 0 Å². The fourth-order valence-electron chi connectivity index (χ4n) is 4.28.